The first-order valence-corrected chi connectivity index (χ1v) is 5.58. The smallest absolute Gasteiger partial charge is 0.250 e. The van der Waals surface area contributed by atoms with Gasteiger partial charge in [-0.3, -0.25) is 19.2 Å². The summed E-state index contributed by atoms with van der Waals surface area (Å²) < 4.78 is 1.61. The fourth-order valence-electron chi connectivity index (χ4n) is 1.89. The van der Waals surface area contributed by atoms with E-state index < -0.39 is 6.04 Å². The van der Waals surface area contributed by atoms with Crippen molar-refractivity contribution in [1.29, 1.82) is 0 Å². The maximum Gasteiger partial charge on any atom is 0.250 e. The standard InChI is InChI=1S/C11H16N4O2/c1-7(2)10-11(17)15(6-9(16)13-10)8-4-12-14(3)5-8/h4-5,7,10H,6H2,1-3H3,(H,13,16). The van der Waals surface area contributed by atoms with Crippen LogP contribution >= 0.6 is 0 Å². The number of hydrogen-bond donors (Lipinski definition) is 1. The molecule has 1 N–H and O–H groups in total. The molecule has 0 saturated carbocycles. The second kappa shape index (κ2) is 4.20. The molecule has 17 heavy (non-hydrogen) atoms. The molecule has 0 aliphatic carbocycles. The molecule has 0 radical (unpaired) electrons. The molecule has 1 aliphatic rings. The highest BCUT2D eigenvalue weighted by molar-refractivity contribution is 6.06. The summed E-state index contributed by atoms with van der Waals surface area (Å²) in [6.45, 7) is 3.89. The quantitative estimate of drug-likeness (QED) is 0.780. The Labute approximate surface area is 99.6 Å². The van der Waals surface area contributed by atoms with Crippen LogP contribution in [0.3, 0.4) is 0 Å². The number of carbonyl (C=O) groups is 2. The van der Waals surface area contributed by atoms with Crippen molar-refractivity contribution in [3.63, 3.8) is 0 Å². The van der Waals surface area contributed by atoms with E-state index in [1.807, 2.05) is 13.8 Å². The fourth-order valence-corrected chi connectivity index (χ4v) is 1.89. The van der Waals surface area contributed by atoms with E-state index >= 15 is 0 Å². The first kappa shape index (κ1) is 11.6. The van der Waals surface area contributed by atoms with Crippen LogP contribution in [0.25, 0.3) is 0 Å². The number of nitrogens with zero attached hydrogens (tertiary/aromatic N) is 3. The van der Waals surface area contributed by atoms with Crippen LogP contribution in [0.2, 0.25) is 0 Å². The summed E-state index contributed by atoms with van der Waals surface area (Å²) >= 11 is 0. The van der Waals surface area contributed by atoms with Crippen LogP contribution in [-0.2, 0) is 16.6 Å². The molecule has 0 aromatic carbocycles. The maximum absolute atomic E-state index is 12.2. The van der Waals surface area contributed by atoms with E-state index in [-0.39, 0.29) is 24.3 Å². The van der Waals surface area contributed by atoms with Crippen molar-refractivity contribution in [3.8, 4) is 0 Å². The van der Waals surface area contributed by atoms with Gasteiger partial charge in [-0.2, -0.15) is 5.10 Å². The van der Waals surface area contributed by atoms with E-state index in [1.165, 1.54) is 4.90 Å². The summed E-state index contributed by atoms with van der Waals surface area (Å²) in [4.78, 5) is 25.3. The molecule has 2 rings (SSSR count). The lowest BCUT2D eigenvalue weighted by atomic mass is 10.0. The number of aromatic nitrogens is 2. The number of amides is 2. The number of anilines is 1. The molecular formula is C11H16N4O2. The number of rotatable bonds is 2. The molecule has 1 unspecified atom stereocenters. The fraction of sp³-hybridized carbons (Fsp3) is 0.545. The first-order chi connectivity index (χ1) is 7.99. The summed E-state index contributed by atoms with van der Waals surface area (Å²) in [6.07, 6.45) is 3.32. The third-order valence-corrected chi connectivity index (χ3v) is 2.82. The monoisotopic (exact) mass is 236 g/mol. The Balaban J connectivity index is 2.27. The lowest BCUT2D eigenvalue weighted by Gasteiger charge is -2.33. The van der Waals surface area contributed by atoms with Gasteiger partial charge in [-0.05, 0) is 5.92 Å². The van der Waals surface area contributed by atoms with E-state index in [1.54, 1.807) is 24.1 Å². The largest absolute Gasteiger partial charge is 0.342 e. The molecule has 92 valence electrons. The zero-order valence-corrected chi connectivity index (χ0v) is 10.2. The van der Waals surface area contributed by atoms with Crippen molar-refractivity contribution < 1.29 is 9.59 Å². The predicted molar refractivity (Wildman–Crippen MR) is 62.3 cm³/mol. The second-order valence-corrected chi connectivity index (χ2v) is 4.59. The van der Waals surface area contributed by atoms with Crippen LogP contribution in [-0.4, -0.2) is 34.2 Å². The molecule has 6 heteroatoms. The molecule has 1 aromatic heterocycles. The average molecular weight is 236 g/mol. The zero-order chi connectivity index (χ0) is 12.6. The Morgan fingerprint density at radius 2 is 2.18 bits per heavy atom. The number of piperazine rings is 1. The zero-order valence-electron chi connectivity index (χ0n) is 10.2. The lowest BCUT2D eigenvalue weighted by Crippen LogP contribution is -2.60. The van der Waals surface area contributed by atoms with Gasteiger partial charge < -0.3 is 5.32 Å². The van der Waals surface area contributed by atoms with Crippen molar-refractivity contribution in [1.82, 2.24) is 15.1 Å². The van der Waals surface area contributed by atoms with Crippen molar-refractivity contribution in [2.45, 2.75) is 19.9 Å². The van der Waals surface area contributed by atoms with Gasteiger partial charge in [0.05, 0.1) is 11.9 Å². The van der Waals surface area contributed by atoms with Crippen LogP contribution in [0.15, 0.2) is 12.4 Å². The summed E-state index contributed by atoms with van der Waals surface area (Å²) in [5.41, 5.74) is 0.665. The molecule has 6 nitrogen and oxygen atoms in total. The van der Waals surface area contributed by atoms with E-state index in [9.17, 15) is 9.59 Å². The highest BCUT2D eigenvalue weighted by Gasteiger charge is 2.35. The van der Waals surface area contributed by atoms with Gasteiger partial charge in [-0.15, -0.1) is 0 Å². The molecule has 1 fully saturated rings. The van der Waals surface area contributed by atoms with E-state index in [4.69, 9.17) is 0 Å². The number of nitrogens with one attached hydrogen (secondary N) is 1. The van der Waals surface area contributed by atoms with Crippen LogP contribution in [0.4, 0.5) is 5.69 Å². The van der Waals surface area contributed by atoms with Crippen molar-refractivity contribution in [2.24, 2.45) is 13.0 Å². The van der Waals surface area contributed by atoms with Gasteiger partial charge in [0.15, 0.2) is 0 Å². The third kappa shape index (κ3) is 2.15. The molecule has 0 bridgehead atoms. The van der Waals surface area contributed by atoms with E-state index in [0.717, 1.165) is 0 Å². The Morgan fingerprint density at radius 1 is 1.47 bits per heavy atom. The second-order valence-electron chi connectivity index (χ2n) is 4.59. The van der Waals surface area contributed by atoms with Gasteiger partial charge in [0.2, 0.25) is 11.8 Å². The summed E-state index contributed by atoms with van der Waals surface area (Å²) in [7, 11) is 1.78. The van der Waals surface area contributed by atoms with Crippen LogP contribution in [0.1, 0.15) is 13.8 Å². The summed E-state index contributed by atoms with van der Waals surface area (Å²) in [5, 5.41) is 6.73. The van der Waals surface area contributed by atoms with Gasteiger partial charge in [0.1, 0.15) is 12.6 Å². The maximum atomic E-state index is 12.2. The lowest BCUT2D eigenvalue weighted by molar-refractivity contribution is -0.132. The Hall–Kier alpha value is -1.85. The Bertz CT molecular complexity index is 452. The molecule has 0 spiro atoms. The number of hydrogen-bond acceptors (Lipinski definition) is 3. The normalized spacial score (nSPS) is 20.9. The van der Waals surface area contributed by atoms with Crippen molar-refractivity contribution in [2.75, 3.05) is 11.4 Å². The minimum atomic E-state index is -0.448. The average Bonchev–Trinajstić information content (AvgIpc) is 2.67. The Morgan fingerprint density at radius 3 is 2.71 bits per heavy atom. The minimum Gasteiger partial charge on any atom is -0.342 e. The van der Waals surface area contributed by atoms with E-state index in [0.29, 0.717) is 5.69 Å². The Kier molecular flexibility index (Phi) is 2.87. The minimum absolute atomic E-state index is 0.0632. The SMILES string of the molecule is CC(C)C1NC(=O)CN(c2cnn(C)c2)C1=O. The molecule has 1 atom stereocenters. The van der Waals surface area contributed by atoms with Gasteiger partial charge in [0, 0.05) is 13.2 Å². The van der Waals surface area contributed by atoms with E-state index in [2.05, 4.69) is 10.4 Å². The van der Waals surface area contributed by atoms with Gasteiger partial charge >= 0.3 is 0 Å². The highest BCUT2D eigenvalue weighted by Crippen LogP contribution is 2.18. The van der Waals surface area contributed by atoms with Crippen LogP contribution in [0.5, 0.6) is 0 Å². The number of aryl methyl sites for hydroxylation is 1. The molecular weight excluding hydrogens is 220 g/mol. The number of carbonyl (C=O) groups excluding carboxylic acids is 2. The predicted octanol–water partition coefficient (Wildman–Crippen LogP) is -0.0925. The molecule has 1 saturated heterocycles. The van der Waals surface area contributed by atoms with Crippen LogP contribution < -0.4 is 10.2 Å². The molecule has 2 heterocycles. The highest BCUT2D eigenvalue weighted by atomic mass is 16.2. The van der Waals surface area contributed by atoms with Gasteiger partial charge in [-0.25, -0.2) is 0 Å². The molecule has 1 aliphatic heterocycles. The molecule has 2 amide bonds. The van der Waals surface area contributed by atoms with Crippen molar-refractivity contribution >= 4 is 17.5 Å². The topological polar surface area (TPSA) is 67.2 Å². The summed E-state index contributed by atoms with van der Waals surface area (Å²) in [5.74, 6) is -0.134. The molecule has 1 aromatic rings. The van der Waals surface area contributed by atoms with Crippen LogP contribution in [0, 0.1) is 5.92 Å². The van der Waals surface area contributed by atoms with Gasteiger partial charge in [0.25, 0.3) is 0 Å². The van der Waals surface area contributed by atoms with Crippen molar-refractivity contribution in [3.05, 3.63) is 12.4 Å². The first-order valence-electron chi connectivity index (χ1n) is 5.58. The van der Waals surface area contributed by atoms with Gasteiger partial charge in [-0.1, -0.05) is 13.8 Å². The third-order valence-electron chi connectivity index (χ3n) is 2.82. The summed E-state index contributed by atoms with van der Waals surface area (Å²) in [6, 6.07) is -0.448.